The van der Waals surface area contributed by atoms with E-state index >= 15 is 0 Å². The lowest BCUT2D eigenvalue weighted by molar-refractivity contribution is -0.115. The van der Waals surface area contributed by atoms with Gasteiger partial charge >= 0.3 is 0 Å². The predicted octanol–water partition coefficient (Wildman–Crippen LogP) is 3.78. The van der Waals surface area contributed by atoms with Crippen LogP contribution in [0.4, 0.5) is 5.69 Å². The van der Waals surface area contributed by atoms with Crippen molar-refractivity contribution in [2.24, 2.45) is 0 Å². The first kappa shape index (κ1) is 23.3. The Morgan fingerprint density at radius 1 is 1.09 bits per heavy atom. The molecule has 3 aromatic rings. The number of anilines is 1. The molecule has 8 nitrogen and oxygen atoms in total. The highest BCUT2D eigenvalue weighted by Gasteiger charge is 2.27. The Labute approximate surface area is 198 Å². The number of sulfonamides is 1. The second-order valence-corrected chi connectivity index (χ2v) is 10.9. The van der Waals surface area contributed by atoms with E-state index in [1.54, 1.807) is 32.4 Å². The molecule has 33 heavy (non-hydrogen) atoms. The number of rotatable bonds is 8. The Kier molecular flexibility index (Phi) is 7.06. The minimum Gasteiger partial charge on any atom is -0.497 e. The molecule has 174 valence electrons. The van der Waals surface area contributed by atoms with E-state index in [2.05, 4.69) is 10.3 Å². The second-order valence-electron chi connectivity index (χ2n) is 7.66. The molecule has 1 saturated heterocycles. The van der Waals surface area contributed by atoms with Crippen LogP contribution in [-0.4, -0.2) is 53.6 Å². The number of methoxy groups -OCH3 is 1. The minimum absolute atomic E-state index is 0.195. The Morgan fingerprint density at radius 2 is 1.76 bits per heavy atom. The van der Waals surface area contributed by atoms with Gasteiger partial charge in [0.2, 0.25) is 15.9 Å². The van der Waals surface area contributed by atoms with Crippen molar-refractivity contribution in [2.45, 2.75) is 35.1 Å². The maximum atomic E-state index is 12.7. The van der Waals surface area contributed by atoms with E-state index in [1.807, 2.05) is 35.0 Å². The largest absolute Gasteiger partial charge is 0.497 e. The fourth-order valence-electron chi connectivity index (χ4n) is 3.56. The van der Waals surface area contributed by atoms with Crippen LogP contribution < -0.4 is 10.1 Å². The summed E-state index contributed by atoms with van der Waals surface area (Å²) < 4.78 is 33.9. The first-order valence-corrected chi connectivity index (χ1v) is 13.0. The number of hydrogen-bond acceptors (Lipinski definition) is 6. The van der Waals surface area contributed by atoms with E-state index in [4.69, 9.17) is 4.74 Å². The number of ether oxygens (including phenoxy) is 1. The normalized spacial score (nSPS) is 15.3. The topological polar surface area (TPSA) is 93.5 Å². The quantitative estimate of drug-likeness (QED) is 0.487. The molecule has 1 atom stereocenters. The summed E-state index contributed by atoms with van der Waals surface area (Å²) in [5.74, 6) is 0.569. The Hall–Kier alpha value is -2.82. The lowest BCUT2D eigenvalue weighted by Gasteiger charge is -2.16. The van der Waals surface area contributed by atoms with E-state index in [0.717, 1.165) is 24.3 Å². The van der Waals surface area contributed by atoms with Crippen LogP contribution in [0.25, 0.3) is 5.69 Å². The molecule has 0 spiro atoms. The maximum absolute atomic E-state index is 12.7. The van der Waals surface area contributed by atoms with E-state index in [0.29, 0.717) is 23.9 Å². The van der Waals surface area contributed by atoms with Crippen LogP contribution in [0, 0.1) is 0 Å². The first-order valence-electron chi connectivity index (χ1n) is 10.6. The van der Waals surface area contributed by atoms with Crippen molar-refractivity contribution in [3.63, 3.8) is 0 Å². The number of benzene rings is 2. The van der Waals surface area contributed by atoms with Gasteiger partial charge in [0.05, 0.1) is 17.3 Å². The van der Waals surface area contributed by atoms with E-state index in [-0.39, 0.29) is 10.8 Å². The Bertz CT molecular complexity index is 1200. The predicted molar refractivity (Wildman–Crippen MR) is 128 cm³/mol. The number of aromatic nitrogens is 2. The molecule has 1 N–H and O–H groups in total. The van der Waals surface area contributed by atoms with Crippen molar-refractivity contribution < 1.29 is 17.9 Å². The summed E-state index contributed by atoms with van der Waals surface area (Å²) in [5, 5.41) is 3.13. The summed E-state index contributed by atoms with van der Waals surface area (Å²) in [6.07, 6.45) is 5.31. The molecule has 2 aromatic carbocycles. The van der Waals surface area contributed by atoms with Gasteiger partial charge in [-0.15, -0.1) is 0 Å². The zero-order chi connectivity index (χ0) is 23.4. The molecule has 10 heteroatoms. The highest BCUT2D eigenvalue weighted by atomic mass is 32.2. The number of carbonyl (C=O) groups excluding carboxylic acids is 1. The summed E-state index contributed by atoms with van der Waals surface area (Å²) in [5.41, 5.74) is 1.46. The van der Waals surface area contributed by atoms with Crippen LogP contribution >= 0.6 is 11.8 Å². The van der Waals surface area contributed by atoms with Gasteiger partial charge in [0, 0.05) is 36.9 Å². The van der Waals surface area contributed by atoms with Gasteiger partial charge in [0.1, 0.15) is 5.75 Å². The number of imidazole rings is 1. The summed E-state index contributed by atoms with van der Waals surface area (Å²) in [6.45, 7) is 2.92. The van der Waals surface area contributed by atoms with Gasteiger partial charge < -0.3 is 10.1 Å². The van der Waals surface area contributed by atoms with Crippen molar-refractivity contribution >= 4 is 33.4 Å². The zero-order valence-electron chi connectivity index (χ0n) is 18.5. The second kappa shape index (κ2) is 9.98. The van der Waals surface area contributed by atoms with E-state index < -0.39 is 15.3 Å². The smallest absolute Gasteiger partial charge is 0.243 e. The van der Waals surface area contributed by atoms with Crippen LogP contribution in [-0.2, 0) is 14.8 Å². The molecule has 1 aromatic heterocycles. The number of carbonyl (C=O) groups is 1. The van der Waals surface area contributed by atoms with Crippen molar-refractivity contribution in [2.75, 3.05) is 25.5 Å². The third-order valence-electron chi connectivity index (χ3n) is 5.43. The first-order chi connectivity index (χ1) is 15.9. The van der Waals surface area contributed by atoms with Crippen molar-refractivity contribution in [3.8, 4) is 11.4 Å². The SMILES string of the molecule is COc1ccc(-n2ccnc2SC(C)C(=O)Nc2ccc(S(=O)(=O)N3CCCC3)cc2)cc1. The fourth-order valence-corrected chi connectivity index (χ4v) is 5.96. The highest BCUT2D eigenvalue weighted by Crippen LogP contribution is 2.27. The van der Waals surface area contributed by atoms with Crippen LogP contribution in [0.1, 0.15) is 19.8 Å². The summed E-state index contributed by atoms with van der Waals surface area (Å²) in [7, 11) is -1.85. The van der Waals surface area contributed by atoms with E-state index in [1.165, 1.54) is 28.2 Å². The van der Waals surface area contributed by atoms with Gasteiger partial charge in [0.15, 0.2) is 5.16 Å². The average molecular weight is 487 g/mol. The number of amides is 1. The molecule has 0 bridgehead atoms. The maximum Gasteiger partial charge on any atom is 0.243 e. The lowest BCUT2D eigenvalue weighted by Crippen LogP contribution is -2.27. The van der Waals surface area contributed by atoms with Gasteiger partial charge in [-0.1, -0.05) is 11.8 Å². The number of nitrogens with one attached hydrogen (secondary N) is 1. The van der Waals surface area contributed by atoms with Crippen molar-refractivity contribution in [3.05, 3.63) is 60.9 Å². The van der Waals surface area contributed by atoms with E-state index in [9.17, 15) is 13.2 Å². The third kappa shape index (κ3) is 5.23. The molecule has 1 amide bonds. The summed E-state index contributed by atoms with van der Waals surface area (Å²) in [6, 6.07) is 13.9. The monoisotopic (exact) mass is 486 g/mol. The molecule has 1 aliphatic heterocycles. The van der Waals surface area contributed by atoms with Gasteiger partial charge in [-0.2, -0.15) is 4.31 Å². The van der Waals surface area contributed by atoms with Gasteiger partial charge in [-0.3, -0.25) is 9.36 Å². The van der Waals surface area contributed by atoms with Crippen LogP contribution in [0.15, 0.2) is 71.0 Å². The van der Waals surface area contributed by atoms with Crippen LogP contribution in [0.3, 0.4) is 0 Å². The van der Waals surface area contributed by atoms with Crippen LogP contribution in [0.2, 0.25) is 0 Å². The molecule has 1 unspecified atom stereocenters. The minimum atomic E-state index is -3.47. The van der Waals surface area contributed by atoms with Crippen LogP contribution in [0.5, 0.6) is 5.75 Å². The standard InChI is InChI=1S/C23H26N4O4S2/c1-17(32-23-24-13-16-27(23)19-7-9-20(31-2)10-8-19)22(28)25-18-5-11-21(12-6-18)33(29,30)26-14-3-4-15-26/h5-13,16-17H,3-4,14-15H2,1-2H3,(H,25,28). The van der Waals surface area contributed by atoms with Crippen molar-refractivity contribution in [1.82, 2.24) is 13.9 Å². The molecular weight excluding hydrogens is 460 g/mol. The third-order valence-corrected chi connectivity index (χ3v) is 8.43. The molecule has 2 heterocycles. The summed E-state index contributed by atoms with van der Waals surface area (Å²) >= 11 is 1.34. The zero-order valence-corrected chi connectivity index (χ0v) is 20.1. The lowest BCUT2D eigenvalue weighted by atomic mass is 10.3. The van der Waals surface area contributed by atoms with Gasteiger partial charge in [-0.25, -0.2) is 13.4 Å². The van der Waals surface area contributed by atoms with Gasteiger partial charge in [-0.05, 0) is 68.3 Å². The Morgan fingerprint density at radius 3 is 2.39 bits per heavy atom. The number of nitrogens with zero attached hydrogens (tertiary/aromatic N) is 3. The van der Waals surface area contributed by atoms with Gasteiger partial charge in [0.25, 0.3) is 0 Å². The molecule has 4 rings (SSSR count). The molecular formula is C23H26N4O4S2. The Balaban J connectivity index is 1.40. The molecule has 0 saturated carbocycles. The molecule has 1 fully saturated rings. The number of thioether (sulfide) groups is 1. The molecule has 1 aliphatic rings. The molecule has 0 aliphatic carbocycles. The molecule has 0 radical (unpaired) electrons. The summed E-state index contributed by atoms with van der Waals surface area (Å²) in [4.78, 5) is 17.4. The van der Waals surface area contributed by atoms with Crippen molar-refractivity contribution in [1.29, 1.82) is 0 Å². The number of hydrogen-bond donors (Lipinski definition) is 1. The fraction of sp³-hybridized carbons (Fsp3) is 0.304. The average Bonchev–Trinajstić information content (AvgIpc) is 3.52. The highest BCUT2D eigenvalue weighted by molar-refractivity contribution is 8.00.